The third-order valence-electron chi connectivity index (χ3n) is 4.08. The molecule has 1 aliphatic carbocycles. The molecule has 1 atom stereocenters. The number of aliphatic hydroxyl groups is 1. The monoisotopic (exact) mass is 240 g/mol. The van der Waals surface area contributed by atoms with Crippen LogP contribution in [0.3, 0.4) is 0 Å². The van der Waals surface area contributed by atoms with Crippen molar-refractivity contribution in [2.24, 2.45) is 11.8 Å². The second-order valence-corrected chi connectivity index (χ2v) is 5.96. The number of Topliss-reactive ketones (excluding diaryl/α,β-unsaturated/α-hetero) is 1. The third kappa shape index (κ3) is 4.42. The maximum absolute atomic E-state index is 12.2. The van der Waals surface area contributed by atoms with Crippen molar-refractivity contribution in [3.8, 4) is 0 Å². The van der Waals surface area contributed by atoms with Gasteiger partial charge >= 0.3 is 0 Å². The Hall–Kier alpha value is -0.370. The minimum Gasteiger partial charge on any atom is -0.390 e. The van der Waals surface area contributed by atoms with Gasteiger partial charge in [0, 0.05) is 11.8 Å². The molecule has 1 saturated carbocycles. The van der Waals surface area contributed by atoms with Gasteiger partial charge in [-0.3, -0.25) is 4.79 Å². The van der Waals surface area contributed by atoms with Gasteiger partial charge in [-0.2, -0.15) is 0 Å². The molecule has 1 unspecified atom stereocenters. The maximum atomic E-state index is 12.2. The minimum atomic E-state index is -0.569. The Balaban J connectivity index is 2.27. The quantitative estimate of drug-likeness (QED) is 0.657. The zero-order valence-electron chi connectivity index (χ0n) is 11.7. The number of hydrogen-bond acceptors (Lipinski definition) is 2. The van der Waals surface area contributed by atoms with Crippen LogP contribution in [-0.4, -0.2) is 16.5 Å². The zero-order chi connectivity index (χ0) is 12.9. The summed E-state index contributed by atoms with van der Waals surface area (Å²) < 4.78 is 0. The fourth-order valence-electron chi connectivity index (χ4n) is 2.90. The summed E-state index contributed by atoms with van der Waals surface area (Å²) in [6.45, 7) is 6.15. The Bertz CT molecular complexity index is 237. The Morgan fingerprint density at radius 3 is 2.41 bits per heavy atom. The van der Waals surface area contributed by atoms with Gasteiger partial charge in [0.2, 0.25) is 0 Å². The van der Waals surface area contributed by atoms with Crippen LogP contribution in [0, 0.1) is 11.8 Å². The Labute approximate surface area is 106 Å². The van der Waals surface area contributed by atoms with E-state index in [1.54, 1.807) is 0 Å². The molecule has 100 valence electrons. The maximum Gasteiger partial charge on any atom is 0.139 e. The molecular weight excluding hydrogens is 212 g/mol. The predicted molar refractivity (Wildman–Crippen MR) is 70.9 cm³/mol. The van der Waals surface area contributed by atoms with E-state index in [1.165, 1.54) is 25.7 Å². The second kappa shape index (κ2) is 6.53. The van der Waals surface area contributed by atoms with Gasteiger partial charge in [-0.05, 0) is 32.6 Å². The van der Waals surface area contributed by atoms with Crippen LogP contribution in [-0.2, 0) is 4.79 Å². The standard InChI is InChI=1S/C15H28O2/c1-4-6-7-8-9-12(5-2)14(16)13-10-15(3,17)11-13/h12-13,17H,4-11H2,1-3H3. The first-order chi connectivity index (χ1) is 8.00. The first-order valence-corrected chi connectivity index (χ1v) is 7.26. The van der Waals surface area contributed by atoms with Gasteiger partial charge in [0.1, 0.15) is 5.78 Å². The van der Waals surface area contributed by atoms with Crippen molar-refractivity contribution in [2.75, 3.05) is 0 Å². The number of hydrogen-bond donors (Lipinski definition) is 1. The normalized spacial score (nSPS) is 29.8. The van der Waals surface area contributed by atoms with E-state index < -0.39 is 5.60 Å². The van der Waals surface area contributed by atoms with E-state index >= 15 is 0 Å². The van der Waals surface area contributed by atoms with Gasteiger partial charge in [-0.15, -0.1) is 0 Å². The van der Waals surface area contributed by atoms with Crippen molar-refractivity contribution in [3.63, 3.8) is 0 Å². The largest absolute Gasteiger partial charge is 0.390 e. The SMILES string of the molecule is CCCCCCC(CC)C(=O)C1CC(C)(O)C1. The van der Waals surface area contributed by atoms with Crippen molar-refractivity contribution >= 4 is 5.78 Å². The fourth-order valence-corrected chi connectivity index (χ4v) is 2.90. The number of rotatable bonds is 8. The summed E-state index contributed by atoms with van der Waals surface area (Å²) in [6, 6.07) is 0. The average Bonchev–Trinajstić information content (AvgIpc) is 2.25. The van der Waals surface area contributed by atoms with Crippen molar-refractivity contribution in [1.82, 2.24) is 0 Å². The molecule has 0 aromatic heterocycles. The predicted octanol–water partition coefficient (Wildman–Crippen LogP) is 3.71. The van der Waals surface area contributed by atoms with Crippen molar-refractivity contribution in [2.45, 2.75) is 77.7 Å². The lowest BCUT2D eigenvalue weighted by Crippen LogP contribution is -2.46. The smallest absolute Gasteiger partial charge is 0.139 e. The van der Waals surface area contributed by atoms with Crippen LogP contribution in [0.25, 0.3) is 0 Å². The summed E-state index contributed by atoms with van der Waals surface area (Å²) >= 11 is 0. The van der Waals surface area contributed by atoms with Crippen LogP contribution in [0.5, 0.6) is 0 Å². The molecule has 0 aliphatic heterocycles. The summed E-state index contributed by atoms with van der Waals surface area (Å²) in [5.41, 5.74) is -0.569. The lowest BCUT2D eigenvalue weighted by Gasteiger charge is -2.41. The summed E-state index contributed by atoms with van der Waals surface area (Å²) in [5, 5.41) is 9.68. The first kappa shape index (κ1) is 14.7. The Kier molecular flexibility index (Phi) is 5.64. The van der Waals surface area contributed by atoms with Crippen LogP contribution < -0.4 is 0 Å². The van der Waals surface area contributed by atoms with Crippen LogP contribution >= 0.6 is 0 Å². The van der Waals surface area contributed by atoms with E-state index in [4.69, 9.17) is 0 Å². The van der Waals surface area contributed by atoms with Gasteiger partial charge in [0.15, 0.2) is 0 Å². The molecule has 0 spiro atoms. The highest BCUT2D eigenvalue weighted by Gasteiger charge is 2.43. The molecule has 1 N–H and O–H groups in total. The second-order valence-electron chi connectivity index (χ2n) is 5.96. The molecule has 0 radical (unpaired) electrons. The molecule has 0 aromatic rings. The average molecular weight is 240 g/mol. The van der Waals surface area contributed by atoms with E-state index in [2.05, 4.69) is 13.8 Å². The number of carbonyl (C=O) groups excluding carboxylic acids is 1. The van der Waals surface area contributed by atoms with Crippen LogP contribution in [0.1, 0.15) is 72.1 Å². The lowest BCUT2D eigenvalue weighted by atomic mass is 9.67. The van der Waals surface area contributed by atoms with Gasteiger partial charge in [0.25, 0.3) is 0 Å². The molecular formula is C15H28O2. The number of carbonyl (C=O) groups is 1. The highest BCUT2D eigenvalue weighted by Crippen LogP contribution is 2.40. The minimum absolute atomic E-state index is 0.140. The van der Waals surface area contributed by atoms with Crippen molar-refractivity contribution in [1.29, 1.82) is 0 Å². The summed E-state index contributed by atoms with van der Waals surface area (Å²) in [6.07, 6.45) is 8.33. The summed E-state index contributed by atoms with van der Waals surface area (Å²) in [7, 11) is 0. The summed E-state index contributed by atoms with van der Waals surface area (Å²) in [4.78, 5) is 12.2. The van der Waals surface area contributed by atoms with Gasteiger partial charge in [-0.25, -0.2) is 0 Å². The molecule has 0 saturated heterocycles. The fraction of sp³-hybridized carbons (Fsp3) is 0.933. The molecule has 2 nitrogen and oxygen atoms in total. The molecule has 1 aliphatic rings. The molecule has 0 heterocycles. The molecule has 1 fully saturated rings. The van der Waals surface area contributed by atoms with Crippen molar-refractivity contribution in [3.05, 3.63) is 0 Å². The molecule has 2 heteroatoms. The highest BCUT2D eigenvalue weighted by atomic mass is 16.3. The highest BCUT2D eigenvalue weighted by molar-refractivity contribution is 5.84. The molecule has 1 rings (SSSR count). The van der Waals surface area contributed by atoms with Gasteiger partial charge in [0.05, 0.1) is 5.60 Å². The topological polar surface area (TPSA) is 37.3 Å². The van der Waals surface area contributed by atoms with E-state index in [-0.39, 0.29) is 11.8 Å². The zero-order valence-corrected chi connectivity index (χ0v) is 11.7. The molecule has 0 aromatic carbocycles. The Morgan fingerprint density at radius 1 is 1.29 bits per heavy atom. The number of unbranched alkanes of at least 4 members (excludes halogenated alkanes) is 3. The van der Waals surface area contributed by atoms with Crippen LogP contribution in [0.4, 0.5) is 0 Å². The van der Waals surface area contributed by atoms with E-state index in [0.29, 0.717) is 18.6 Å². The van der Waals surface area contributed by atoms with Gasteiger partial charge in [-0.1, -0.05) is 39.5 Å². The van der Waals surface area contributed by atoms with E-state index in [1.807, 2.05) is 6.92 Å². The third-order valence-corrected chi connectivity index (χ3v) is 4.08. The van der Waals surface area contributed by atoms with Gasteiger partial charge < -0.3 is 5.11 Å². The molecule has 0 amide bonds. The lowest BCUT2D eigenvalue weighted by molar-refractivity contribution is -0.141. The van der Waals surface area contributed by atoms with Crippen LogP contribution in [0.15, 0.2) is 0 Å². The van der Waals surface area contributed by atoms with Crippen LogP contribution in [0.2, 0.25) is 0 Å². The van der Waals surface area contributed by atoms with Crippen molar-refractivity contribution < 1.29 is 9.90 Å². The molecule has 17 heavy (non-hydrogen) atoms. The van der Waals surface area contributed by atoms with E-state index in [0.717, 1.165) is 12.8 Å². The number of ketones is 1. The van der Waals surface area contributed by atoms with E-state index in [9.17, 15) is 9.90 Å². The summed E-state index contributed by atoms with van der Waals surface area (Å²) in [5.74, 6) is 0.796. The first-order valence-electron chi connectivity index (χ1n) is 7.26. The molecule has 0 bridgehead atoms. The Morgan fingerprint density at radius 2 is 1.94 bits per heavy atom.